The van der Waals surface area contributed by atoms with Crippen LogP contribution in [0.5, 0.6) is 0 Å². The predicted octanol–water partition coefficient (Wildman–Crippen LogP) is 19.7. The monoisotopic (exact) mass is 960 g/mol. The molecular formula is C62H121NO5. The van der Waals surface area contributed by atoms with E-state index in [0.717, 1.165) is 70.8 Å². The van der Waals surface area contributed by atoms with Crippen molar-refractivity contribution >= 4 is 17.7 Å². The molecule has 6 heteroatoms. The minimum absolute atomic E-state index is 0.0150. The zero-order valence-electron chi connectivity index (χ0n) is 46.8. The van der Waals surface area contributed by atoms with Gasteiger partial charge in [-0.1, -0.05) is 259 Å². The molecule has 68 heavy (non-hydrogen) atoms. The Bertz CT molecular complexity index is 1050. The summed E-state index contributed by atoms with van der Waals surface area (Å²) in [5.41, 5.74) is 0. The van der Waals surface area contributed by atoms with E-state index < -0.39 is 0 Å². The number of carbonyl (C=O) groups is 3. The number of ketones is 1. The molecule has 0 saturated carbocycles. The average molecular weight is 961 g/mol. The molecule has 0 aliphatic carbocycles. The Hall–Kier alpha value is -1.43. The summed E-state index contributed by atoms with van der Waals surface area (Å²) >= 11 is 0. The zero-order valence-corrected chi connectivity index (χ0v) is 46.8. The van der Waals surface area contributed by atoms with Crippen LogP contribution in [-0.2, 0) is 23.9 Å². The lowest BCUT2D eigenvalue weighted by Crippen LogP contribution is -2.19. The van der Waals surface area contributed by atoms with Crippen molar-refractivity contribution in [3.8, 4) is 0 Å². The Morgan fingerprint density at radius 3 is 1.09 bits per heavy atom. The molecule has 0 aliphatic heterocycles. The molecule has 0 bridgehead atoms. The van der Waals surface area contributed by atoms with E-state index in [-0.39, 0.29) is 18.0 Å². The summed E-state index contributed by atoms with van der Waals surface area (Å²) in [5.74, 6) is 1.68. The number of nitrogens with one attached hydrogen (secondary N) is 1. The molecular weight excluding hydrogens is 839 g/mol. The second-order valence-corrected chi connectivity index (χ2v) is 21.7. The molecule has 0 fully saturated rings. The molecule has 3 unspecified atom stereocenters. The molecule has 1 N–H and O–H groups in total. The van der Waals surface area contributed by atoms with Gasteiger partial charge in [0.05, 0.1) is 6.61 Å². The minimum atomic E-state index is -0.0268. The SMILES string of the molecule is CCCCCCCCC(CCCCCC)COC(=O)CCCCCCCCCCCC(CCCCCCCCCCCC(=O)CC(CCCCCC)CCCCCCCC)OC(=O)CCCNC. The summed E-state index contributed by atoms with van der Waals surface area (Å²) in [6.07, 6.45) is 58.7. The van der Waals surface area contributed by atoms with E-state index in [2.05, 4.69) is 33.0 Å². The fraction of sp³-hybridized carbons (Fsp3) is 0.952. The van der Waals surface area contributed by atoms with Crippen molar-refractivity contribution < 1.29 is 23.9 Å². The highest BCUT2D eigenvalue weighted by molar-refractivity contribution is 5.78. The van der Waals surface area contributed by atoms with Crippen LogP contribution in [0.4, 0.5) is 0 Å². The first-order valence-electron chi connectivity index (χ1n) is 30.9. The fourth-order valence-electron chi connectivity index (χ4n) is 10.2. The van der Waals surface area contributed by atoms with Gasteiger partial charge < -0.3 is 14.8 Å². The normalized spacial score (nSPS) is 12.9. The smallest absolute Gasteiger partial charge is 0.306 e. The number of unbranched alkanes of at least 4 members (excludes halogenated alkanes) is 32. The van der Waals surface area contributed by atoms with Gasteiger partial charge in [0.2, 0.25) is 0 Å². The highest BCUT2D eigenvalue weighted by Gasteiger charge is 2.16. The fourth-order valence-corrected chi connectivity index (χ4v) is 10.2. The van der Waals surface area contributed by atoms with E-state index >= 15 is 0 Å². The highest BCUT2D eigenvalue weighted by atomic mass is 16.5. The van der Waals surface area contributed by atoms with Crippen LogP contribution in [0.2, 0.25) is 0 Å². The first-order valence-corrected chi connectivity index (χ1v) is 30.9. The lowest BCUT2D eigenvalue weighted by Gasteiger charge is -2.18. The summed E-state index contributed by atoms with van der Waals surface area (Å²) in [7, 11) is 1.93. The quantitative estimate of drug-likeness (QED) is 0.0483. The number of hydrogen-bond donors (Lipinski definition) is 1. The Kier molecular flexibility index (Phi) is 53.7. The van der Waals surface area contributed by atoms with Gasteiger partial charge >= 0.3 is 11.9 Å². The number of rotatable bonds is 57. The van der Waals surface area contributed by atoms with Crippen LogP contribution in [-0.4, -0.2) is 44.0 Å². The Labute approximate surface area is 425 Å². The van der Waals surface area contributed by atoms with E-state index in [1.807, 2.05) is 7.05 Å². The van der Waals surface area contributed by atoms with Crippen LogP contribution >= 0.6 is 0 Å². The van der Waals surface area contributed by atoms with Crippen LogP contribution in [0, 0.1) is 11.8 Å². The number of Topliss-reactive ketones (excluding diaryl/α,β-unsaturated/α-hetero) is 1. The Balaban J connectivity index is 4.21. The third-order valence-corrected chi connectivity index (χ3v) is 14.9. The van der Waals surface area contributed by atoms with Gasteiger partial charge in [0.15, 0.2) is 0 Å². The lowest BCUT2D eigenvalue weighted by atomic mass is 9.89. The summed E-state index contributed by atoms with van der Waals surface area (Å²) in [6.45, 7) is 10.6. The van der Waals surface area contributed by atoms with Crippen molar-refractivity contribution in [3.63, 3.8) is 0 Å². The van der Waals surface area contributed by atoms with E-state index in [4.69, 9.17) is 9.47 Å². The molecule has 0 saturated heterocycles. The third kappa shape index (κ3) is 49.5. The number of esters is 2. The van der Waals surface area contributed by atoms with Crippen LogP contribution in [0.1, 0.15) is 342 Å². The van der Waals surface area contributed by atoms with Gasteiger partial charge in [-0.2, -0.15) is 0 Å². The van der Waals surface area contributed by atoms with Gasteiger partial charge in [0.1, 0.15) is 11.9 Å². The molecule has 0 heterocycles. The maximum atomic E-state index is 12.9. The maximum Gasteiger partial charge on any atom is 0.306 e. The minimum Gasteiger partial charge on any atom is -0.465 e. The molecule has 0 amide bonds. The molecule has 3 atom stereocenters. The summed E-state index contributed by atoms with van der Waals surface area (Å²) in [6, 6.07) is 0. The lowest BCUT2D eigenvalue weighted by molar-refractivity contribution is -0.150. The highest BCUT2D eigenvalue weighted by Crippen LogP contribution is 2.25. The molecule has 0 spiro atoms. The van der Waals surface area contributed by atoms with E-state index in [1.165, 1.54) is 238 Å². The Morgan fingerprint density at radius 2 is 0.676 bits per heavy atom. The van der Waals surface area contributed by atoms with Crippen LogP contribution < -0.4 is 5.32 Å². The second kappa shape index (κ2) is 54.9. The maximum absolute atomic E-state index is 12.9. The molecule has 0 rings (SSSR count). The molecule has 0 aromatic rings. The van der Waals surface area contributed by atoms with E-state index in [0.29, 0.717) is 37.1 Å². The van der Waals surface area contributed by atoms with Crippen LogP contribution in [0.25, 0.3) is 0 Å². The molecule has 404 valence electrons. The molecule has 0 aromatic carbocycles. The van der Waals surface area contributed by atoms with E-state index in [9.17, 15) is 14.4 Å². The topological polar surface area (TPSA) is 81.7 Å². The van der Waals surface area contributed by atoms with Crippen LogP contribution in [0.15, 0.2) is 0 Å². The van der Waals surface area contributed by atoms with Gasteiger partial charge in [-0.3, -0.25) is 14.4 Å². The van der Waals surface area contributed by atoms with Gasteiger partial charge in [0.25, 0.3) is 0 Å². The number of ether oxygens (including phenoxy) is 2. The third-order valence-electron chi connectivity index (χ3n) is 14.9. The second-order valence-electron chi connectivity index (χ2n) is 21.7. The van der Waals surface area contributed by atoms with Gasteiger partial charge in [0, 0.05) is 25.7 Å². The van der Waals surface area contributed by atoms with Crippen molar-refractivity contribution in [1.82, 2.24) is 5.32 Å². The van der Waals surface area contributed by atoms with Gasteiger partial charge in [-0.05, 0) is 83.2 Å². The molecule has 0 aliphatic rings. The van der Waals surface area contributed by atoms with Gasteiger partial charge in [-0.15, -0.1) is 0 Å². The van der Waals surface area contributed by atoms with Crippen molar-refractivity contribution in [2.24, 2.45) is 11.8 Å². The van der Waals surface area contributed by atoms with E-state index in [1.54, 1.807) is 0 Å². The van der Waals surface area contributed by atoms with Crippen LogP contribution in [0.3, 0.4) is 0 Å². The Morgan fingerprint density at radius 1 is 0.353 bits per heavy atom. The molecule has 0 radical (unpaired) electrons. The molecule has 0 aromatic heterocycles. The van der Waals surface area contributed by atoms with Crippen molar-refractivity contribution in [3.05, 3.63) is 0 Å². The summed E-state index contributed by atoms with van der Waals surface area (Å²) < 4.78 is 11.8. The number of carbonyl (C=O) groups excluding carboxylic acids is 3. The first kappa shape index (κ1) is 66.6. The standard InChI is InChI=1S/C62H121NO5/c1-6-10-14-18-30-38-46-57(45-36-16-12-8-3)55-59(64)49-40-32-26-22-20-23-27-33-41-50-60(68-62(66)53-44-54-63-5)51-42-34-28-24-21-25-29-35-43-52-61(65)67-56-58(47-37-17-13-9-4)48-39-31-19-15-11-7-2/h57-58,60,63H,6-56H2,1-5H3. The summed E-state index contributed by atoms with van der Waals surface area (Å²) in [4.78, 5) is 38.1. The average Bonchev–Trinajstić information content (AvgIpc) is 3.33. The zero-order chi connectivity index (χ0) is 49.6. The van der Waals surface area contributed by atoms with Crippen molar-refractivity contribution in [2.75, 3.05) is 20.2 Å². The van der Waals surface area contributed by atoms with Crippen molar-refractivity contribution in [2.45, 2.75) is 348 Å². The van der Waals surface area contributed by atoms with Crippen molar-refractivity contribution in [1.29, 1.82) is 0 Å². The largest absolute Gasteiger partial charge is 0.465 e. The first-order chi connectivity index (χ1) is 33.4. The number of hydrogen-bond acceptors (Lipinski definition) is 6. The molecule has 6 nitrogen and oxygen atoms in total. The predicted molar refractivity (Wildman–Crippen MR) is 296 cm³/mol. The van der Waals surface area contributed by atoms with Gasteiger partial charge in [-0.25, -0.2) is 0 Å². The summed E-state index contributed by atoms with van der Waals surface area (Å²) in [5, 5.41) is 3.14.